The van der Waals surface area contributed by atoms with Crippen LogP contribution in [0.1, 0.15) is 0 Å². The van der Waals surface area contributed by atoms with Gasteiger partial charge in [0.25, 0.3) is 0 Å². The fraction of sp³-hybridized carbons (Fsp3) is 0. The Kier molecular flexibility index (Phi) is 9.54. The van der Waals surface area contributed by atoms with Gasteiger partial charge in [-0.05, 0) is 136 Å². The molecule has 15 rings (SSSR count). The minimum atomic E-state index is 1.04. The van der Waals surface area contributed by atoms with E-state index in [1.807, 2.05) is 0 Å². The Morgan fingerprint density at radius 3 is 1.47 bits per heavy atom. The Hall–Kier alpha value is -9.90. The molecule has 3 aromatic heterocycles. The first-order valence-electron chi connectivity index (χ1n) is 25.4. The molecule has 0 aliphatic heterocycles. The zero-order valence-electron chi connectivity index (χ0n) is 40.3. The maximum Gasteiger partial charge on any atom is 0.0625 e. The minimum Gasteiger partial charge on any atom is -0.310 e. The van der Waals surface area contributed by atoms with Crippen molar-refractivity contribution in [1.82, 2.24) is 8.97 Å². The Balaban J connectivity index is 0.994. The Morgan fingerprint density at radius 1 is 0.243 bits per heavy atom. The first-order valence-corrected chi connectivity index (χ1v) is 25.4. The molecule has 0 N–H and O–H groups in total. The molecule has 15 aromatic rings. The number of nitrogens with zero attached hydrogens (tertiary/aromatic N) is 4. The second-order valence-corrected chi connectivity index (χ2v) is 19.3. The molecule has 74 heavy (non-hydrogen) atoms. The molecule has 0 saturated heterocycles. The fourth-order valence-corrected chi connectivity index (χ4v) is 11.9. The number of hydrogen-bond acceptors (Lipinski definition) is 2. The highest BCUT2D eigenvalue weighted by atomic mass is 15.2. The van der Waals surface area contributed by atoms with E-state index in [9.17, 15) is 0 Å². The monoisotopic (exact) mass is 942 g/mol. The lowest BCUT2D eigenvalue weighted by Gasteiger charge is -2.30. The van der Waals surface area contributed by atoms with Gasteiger partial charge in [-0.1, -0.05) is 176 Å². The van der Waals surface area contributed by atoms with Crippen LogP contribution in [-0.4, -0.2) is 8.97 Å². The molecule has 346 valence electrons. The molecule has 0 amide bonds. The van der Waals surface area contributed by atoms with E-state index >= 15 is 0 Å². The summed E-state index contributed by atoms with van der Waals surface area (Å²) in [5.74, 6) is 0. The van der Waals surface area contributed by atoms with Gasteiger partial charge in [0.2, 0.25) is 0 Å². The summed E-state index contributed by atoms with van der Waals surface area (Å²) in [5, 5.41) is 10.0. The molecule has 12 aromatic carbocycles. The van der Waals surface area contributed by atoms with Crippen molar-refractivity contribution < 1.29 is 0 Å². The number of fused-ring (bicyclic) bond motifs is 9. The summed E-state index contributed by atoms with van der Waals surface area (Å²) in [6, 6.07) is 102. The number of anilines is 6. The number of para-hydroxylation sites is 5. The van der Waals surface area contributed by atoms with Crippen LogP contribution in [0.3, 0.4) is 0 Å². The Bertz CT molecular complexity index is 4560. The molecule has 0 saturated carbocycles. The molecular formula is C70H46N4. The standard InChI is InChI=1S/C70H46N4/c1-5-18-47(19-6-1)48-32-36-55(37-33-48)71(52-21-7-2-8-22-52)57-42-51(50-35-41-67-64(44-50)63-39-34-49-20-17-29-62-60-28-14-16-31-66(60)74(67)70(63)69(49)62)43-58(45-57)72(53-23-9-3-10-24-53)56-38-40-61-59-27-13-15-30-65(59)73(68(61)46-56)54-25-11-4-12-26-54/h1-46H. The topological polar surface area (TPSA) is 15.8 Å². The van der Waals surface area contributed by atoms with Crippen LogP contribution in [0.2, 0.25) is 0 Å². The van der Waals surface area contributed by atoms with Crippen LogP contribution in [0, 0.1) is 0 Å². The van der Waals surface area contributed by atoms with Crippen molar-refractivity contribution in [3.05, 3.63) is 279 Å². The van der Waals surface area contributed by atoms with Crippen LogP contribution in [0.15, 0.2) is 279 Å². The summed E-state index contributed by atoms with van der Waals surface area (Å²) in [5.41, 5.74) is 18.1. The van der Waals surface area contributed by atoms with Crippen molar-refractivity contribution >= 4 is 105 Å². The van der Waals surface area contributed by atoms with Crippen molar-refractivity contribution in [3.63, 3.8) is 0 Å². The van der Waals surface area contributed by atoms with Gasteiger partial charge < -0.3 is 18.8 Å². The first-order chi connectivity index (χ1) is 36.7. The second kappa shape index (κ2) is 16.9. The highest BCUT2D eigenvalue weighted by Crippen LogP contribution is 2.47. The van der Waals surface area contributed by atoms with Gasteiger partial charge in [-0.15, -0.1) is 0 Å². The third-order valence-corrected chi connectivity index (χ3v) is 15.1. The molecule has 0 atom stereocenters. The molecule has 3 heterocycles. The number of benzene rings is 12. The van der Waals surface area contributed by atoms with Crippen molar-refractivity contribution in [2.45, 2.75) is 0 Å². The molecule has 4 heteroatoms. The third kappa shape index (κ3) is 6.62. The van der Waals surface area contributed by atoms with Gasteiger partial charge in [0, 0.05) is 72.1 Å². The van der Waals surface area contributed by atoms with E-state index in [1.165, 1.54) is 76.3 Å². The van der Waals surface area contributed by atoms with Crippen molar-refractivity contribution in [2.75, 3.05) is 9.80 Å². The lowest BCUT2D eigenvalue weighted by atomic mass is 9.97. The smallest absolute Gasteiger partial charge is 0.0625 e. The largest absolute Gasteiger partial charge is 0.310 e. The van der Waals surface area contributed by atoms with E-state index in [4.69, 9.17) is 0 Å². The maximum atomic E-state index is 2.50. The number of pyridine rings is 1. The lowest BCUT2D eigenvalue weighted by Crippen LogP contribution is -2.13. The Morgan fingerprint density at radius 2 is 0.757 bits per heavy atom. The van der Waals surface area contributed by atoms with Gasteiger partial charge in [0.05, 0.1) is 27.6 Å². The number of hydrogen-bond donors (Lipinski definition) is 0. The van der Waals surface area contributed by atoms with E-state index in [2.05, 4.69) is 298 Å². The summed E-state index contributed by atoms with van der Waals surface area (Å²) in [7, 11) is 0. The van der Waals surface area contributed by atoms with Gasteiger partial charge >= 0.3 is 0 Å². The summed E-state index contributed by atoms with van der Waals surface area (Å²) < 4.78 is 4.90. The highest BCUT2D eigenvalue weighted by Gasteiger charge is 2.23. The molecule has 0 unspecified atom stereocenters. The van der Waals surface area contributed by atoms with Gasteiger partial charge in [0.15, 0.2) is 0 Å². The SMILES string of the molecule is c1ccc(-c2ccc(N(c3ccccc3)c3cc(-c4ccc5c(c4)c4ccc6cccc7c8ccccc8n5c4c67)cc(N(c4ccccc4)c4ccc5c6ccccc6n(-c6ccccc6)c5c4)c3)cc2)cc1. The summed E-state index contributed by atoms with van der Waals surface area (Å²) in [6.07, 6.45) is 0. The maximum absolute atomic E-state index is 2.50. The summed E-state index contributed by atoms with van der Waals surface area (Å²) in [4.78, 5) is 4.83. The second-order valence-electron chi connectivity index (χ2n) is 19.3. The zero-order valence-corrected chi connectivity index (χ0v) is 40.3. The van der Waals surface area contributed by atoms with Gasteiger partial charge in [-0.25, -0.2) is 0 Å². The molecule has 0 bridgehead atoms. The molecule has 0 spiro atoms. The highest BCUT2D eigenvalue weighted by molar-refractivity contribution is 6.28. The minimum absolute atomic E-state index is 1.04. The molecule has 0 aliphatic carbocycles. The molecule has 4 nitrogen and oxygen atoms in total. The van der Waals surface area contributed by atoms with Crippen LogP contribution in [0.5, 0.6) is 0 Å². The van der Waals surface area contributed by atoms with Crippen LogP contribution in [0.4, 0.5) is 34.1 Å². The predicted molar refractivity (Wildman–Crippen MR) is 313 cm³/mol. The molecule has 0 fully saturated rings. The summed E-state index contributed by atoms with van der Waals surface area (Å²) in [6.45, 7) is 0. The van der Waals surface area contributed by atoms with Crippen LogP contribution < -0.4 is 9.80 Å². The normalized spacial score (nSPS) is 11.8. The van der Waals surface area contributed by atoms with Crippen LogP contribution in [-0.2, 0) is 0 Å². The van der Waals surface area contributed by atoms with E-state index in [-0.39, 0.29) is 0 Å². The van der Waals surface area contributed by atoms with Crippen LogP contribution in [0.25, 0.3) is 98.6 Å². The average Bonchev–Trinajstić information content (AvgIpc) is 3.99. The molecule has 0 aliphatic rings. The van der Waals surface area contributed by atoms with Crippen molar-refractivity contribution in [3.8, 4) is 27.9 Å². The van der Waals surface area contributed by atoms with Gasteiger partial charge in [-0.2, -0.15) is 0 Å². The lowest BCUT2D eigenvalue weighted by molar-refractivity contribution is 1.18. The van der Waals surface area contributed by atoms with E-state index in [0.29, 0.717) is 0 Å². The fourth-order valence-electron chi connectivity index (χ4n) is 11.9. The number of rotatable bonds is 9. The van der Waals surface area contributed by atoms with E-state index in [0.717, 1.165) is 56.5 Å². The third-order valence-electron chi connectivity index (χ3n) is 15.1. The first kappa shape index (κ1) is 41.8. The predicted octanol–water partition coefficient (Wildman–Crippen LogP) is 19.4. The Labute approximate surface area is 428 Å². The van der Waals surface area contributed by atoms with E-state index < -0.39 is 0 Å². The average molecular weight is 943 g/mol. The van der Waals surface area contributed by atoms with E-state index in [1.54, 1.807) is 0 Å². The van der Waals surface area contributed by atoms with Crippen molar-refractivity contribution in [2.24, 2.45) is 0 Å². The van der Waals surface area contributed by atoms with Crippen molar-refractivity contribution in [1.29, 1.82) is 0 Å². The zero-order chi connectivity index (χ0) is 48.7. The number of aromatic nitrogens is 2. The van der Waals surface area contributed by atoms with Gasteiger partial charge in [0.1, 0.15) is 0 Å². The summed E-state index contributed by atoms with van der Waals surface area (Å²) >= 11 is 0. The van der Waals surface area contributed by atoms with Gasteiger partial charge in [-0.3, -0.25) is 0 Å². The molecule has 0 radical (unpaired) electrons. The molecular weight excluding hydrogens is 897 g/mol. The van der Waals surface area contributed by atoms with Crippen LogP contribution >= 0.6 is 0 Å². The quantitative estimate of drug-likeness (QED) is 0.106.